The topological polar surface area (TPSA) is 174 Å². The normalized spacial score (nSPS) is 12.8. The molecule has 6 N–H and O–H groups in total. The van der Waals surface area contributed by atoms with Crippen molar-refractivity contribution in [2.75, 3.05) is 20.2 Å². The summed E-state index contributed by atoms with van der Waals surface area (Å²) in [5, 5.41) is 4.89. The predicted molar refractivity (Wildman–Crippen MR) is 105 cm³/mol. The SMILES string of the molecule is COC(=O)N(CC(=O)NC(CC(C)C)C(N)=O)CC(=O)NC(CC(C)C)C(N)=O. The van der Waals surface area contributed by atoms with Crippen molar-refractivity contribution >= 4 is 29.7 Å². The number of nitrogens with two attached hydrogens (primary N) is 2. The molecule has 0 aliphatic carbocycles. The van der Waals surface area contributed by atoms with Crippen LogP contribution >= 0.6 is 0 Å². The molecular weight excluding hydrogens is 382 g/mol. The Kier molecular flexibility index (Phi) is 11.3. The second-order valence-electron chi connectivity index (χ2n) is 7.63. The minimum Gasteiger partial charge on any atom is -0.453 e. The Labute approximate surface area is 170 Å². The summed E-state index contributed by atoms with van der Waals surface area (Å²) in [5.41, 5.74) is 10.6. The second kappa shape index (κ2) is 12.6. The lowest BCUT2D eigenvalue weighted by Crippen LogP contribution is -2.52. The van der Waals surface area contributed by atoms with E-state index in [0.29, 0.717) is 12.8 Å². The Hall–Kier alpha value is -2.85. The molecule has 0 radical (unpaired) electrons. The average molecular weight is 415 g/mol. The predicted octanol–water partition coefficient (Wildman–Crippen LogP) is -0.913. The van der Waals surface area contributed by atoms with E-state index in [1.807, 2.05) is 27.7 Å². The maximum atomic E-state index is 12.3. The van der Waals surface area contributed by atoms with Gasteiger partial charge in [0.2, 0.25) is 23.6 Å². The van der Waals surface area contributed by atoms with E-state index in [2.05, 4.69) is 15.4 Å². The third-order valence-electron chi connectivity index (χ3n) is 3.87. The van der Waals surface area contributed by atoms with E-state index in [1.165, 1.54) is 0 Å². The first kappa shape index (κ1) is 26.1. The first-order valence-corrected chi connectivity index (χ1v) is 9.37. The van der Waals surface area contributed by atoms with Gasteiger partial charge < -0.3 is 26.8 Å². The van der Waals surface area contributed by atoms with Crippen molar-refractivity contribution in [2.45, 2.75) is 52.6 Å². The van der Waals surface area contributed by atoms with Gasteiger partial charge in [-0.25, -0.2) is 4.79 Å². The number of primary amides is 2. The molecule has 0 fully saturated rings. The van der Waals surface area contributed by atoms with Gasteiger partial charge in [0.1, 0.15) is 25.2 Å². The van der Waals surface area contributed by atoms with Crippen molar-refractivity contribution in [3.05, 3.63) is 0 Å². The van der Waals surface area contributed by atoms with E-state index < -0.39 is 54.9 Å². The molecule has 11 nitrogen and oxygen atoms in total. The zero-order valence-electron chi connectivity index (χ0n) is 17.7. The molecule has 0 saturated carbocycles. The summed E-state index contributed by atoms with van der Waals surface area (Å²) in [6, 6.07) is -1.80. The number of ether oxygens (including phenoxy) is 1. The summed E-state index contributed by atoms with van der Waals surface area (Å²) in [7, 11) is 1.10. The maximum Gasteiger partial charge on any atom is 0.410 e. The highest BCUT2D eigenvalue weighted by atomic mass is 16.5. The van der Waals surface area contributed by atoms with E-state index in [1.54, 1.807) is 0 Å². The number of rotatable bonds is 12. The van der Waals surface area contributed by atoms with Crippen LogP contribution in [0.2, 0.25) is 0 Å². The van der Waals surface area contributed by atoms with Gasteiger partial charge in [-0.15, -0.1) is 0 Å². The number of nitrogens with one attached hydrogen (secondary N) is 2. The number of hydrogen-bond donors (Lipinski definition) is 4. The molecular formula is C18H33N5O6. The summed E-state index contributed by atoms with van der Waals surface area (Å²) in [6.45, 7) is 6.37. The van der Waals surface area contributed by atoms with Crippen molar-refractivity contribution in [1.29, 1.82) is 0 Å². The third-order valence-corrected chi connectivity index (χ3v) is 3.87. The Morgan fingerprint density at radius 1 is 0.793 bits per heavy atom. The van der Waals surface area contributed by atoms with E-state index in [0.717, 1.165) is 12.0 Å². The summed E-state index contributed by atoms with van der Waals surface area (Å²) in [5.74, 6) is -2.56. The van der Waals surface area contributed by atoms with Gasteiger partial charge >= 0.3 is 6.09 Å². The van der Waals surface area contributed by atoms with Gasteiger partial charge in [-0.05, 0) is 24.7 Å². The van der Waals surface area contributed by atoms with E-state index in [9.17, 15) is 24.0 Å². The molecule has 0 bridgehead atoms. The first-order valence-electron chi connectivity index (χ1n) is 9.37. The molecule has 0 aromatic heterocycles. The fourth-order valence-corrected chi connectivity index (χ4v) is 2.58. The molecule has 0 spiro atoms. The van der Waals surface area contributed by atoms with Crippen molar-refractivity contribution in [1.82, 2.24) is 15.5 Å². The van der Waals surface area contributed by atoms with Crippen molar-refractivity contribution < 1.29 is 28.7 Å². The van der Waals surface area contributed by atoms with Crippen LogP contribution in [-0.4, -0.2) is 66.9 Å². The van der Waals surface area contributed by atoms with Gasteiger partial charge in [-0.2, -0.15) is 0 Å². The molecule has 166 valence electrons. The van der Waals surface area contributed by atoms with Crippen LogP contribution < -0.4 is 22.1 Å². The Morgan fingerprint density at radius 2 is 1.14 bits per heavy atom. The fourth-order valence-electron chi connectivity index (χ4n) is 2.58. The van der Waals surface area contributed by atoms with Gasteiger partial charge in [0.15, 0.2) is 0 Å². The van der Waals surface area contributed by atoms with Crippen LogP contribution in [0.5, 0.6) is 0 Å². The minimum absolute atomic E-state index is 0.0991. The first-order chi connectivity index (χ1) is 13.4. The molecule has 0 aromatic carbocycles. The van der Waals surface area contributed by atoms with Crippen molar-refractivity contribution in [3.63, 3.8) is 0 Å². The van der Waals surface area contributed by atoms with Crippen LogP contribution in [0, 0.1) is 11.8 Å². The lowest BCUT2D eigenvalue weighted by molar-refractivity contribution is -0.130. The van der Waals surface area contributed by atoms with Crippen molar-refractivity contribution in [2.24, 2.45) is 23.3 Å². The Bertz CT molecular complexity index is 564. The lowest BCUT2D eigenvalue weighted by atomic mass is 10.0. The summed E-state index contributed by atoms with van der Waals surface area (Å²) in [6.07, 6.45) is -0.265. The molecule has 0 rings (SSSR count). The van der Waals surface area contributed by atoms with E-state index in [4.69, 9.17) is 11.5 Å². The standard InChI is InChI=1S/C18H33N5O6/c1-10(2)6-12(16(19)26)21-14(24)8-23(18(28)29-5)9-15(25)22-13(17(20)27)7-11(3)4/h10-13H,6-9H2,1-5H3,(H2,19,26)(H2,20,27)(H,21,24)(H,22,25). The third kappa shape index (κ3) is 10.9. The largest absolute Gasteiger partial charge is 0.453 e. The Morgan fingerprint density at radius 3 is 1.38 bits per heavy atom. The molecule has 29 heavy (non-hydrogen) atoms. The molecule has 0 aromatic rings. The van der Waals surface area contributed by atoms with Crippen molar-refractivity contribution in [3.8, 4) is 0 Å². The maximum absolute atomic E-state index is 12.3. The molecule has 0 aliphatic rings. The fraction of sp³-hybridized carbons (Fsp3) is 0.722. The number of methoxy groups -OCH3 is 1. The smallest absolute Gasteiger partial charge is 0.410 e. The summed E-state index contributed by atoms with van der Waals surface area (Å²) in [4.78, 5) is 60.3. The van der Waals surface area contributed by atoms with Gasteiger partial charge in [-0.1, -0.05) is 27.7 Å². The van der Waals surface area contributed by atoms with Gasteiger partial charge in [0, 0.05) is 0 Å². The van der Waals surface area contributed by atoms with E-state index in [-0.39, 0.29) is 11.8 Å². The van der Waals surface area contributed by atoms with E-state index >= 15 is 0 Å². The van der Waals surface area contributed by atoms with Gasteiger partial charge in [0.25, 0.3) is 0 Å². The number of carbonyl (C=O) groups excluding carboxylic acids is 5. The summed E-state index contributed by atoms with van der Waals surface area (Å²) >= 11 is 0. The average Bonchev–Trinajstić information content (AvgIpc) is 2.58. The number of nitrogens with zero attached hydrogens (tertiary/aromatic N) is 1. The summed E-state index contributed by atoms with van der Waals surface area (Å²) < 4.78 is 4.59. The molecule has 2 unspecified atom stereocenters. The van der Waals surface area contributed by atoms with Gasteiger partial charge in [-0.3, -0.25) is 24.1 Å². The molecule has 0 aliphatic heterocycles. The lowest BCUT2D eigenvalue weighted by Gasteiger charge is -2.24. The number of hydrogen-bond acceptors (Lipinski definition) is 6. The highest BCUT2D eigenvalue weighted by Gasteiger charge is 2.26. The van der Waals surface area contributed by atoms with Crippen LogP contribution in [0.25, 0.3) is 0 Å². The molecule has 0 heterocycles. The zero-order valence-corrected chi connectivity index (χ0v) is 17.7. The molecule has 0 saturated heterocycles. The van der Waals surface area contributed by atoms with Crippen LogP contribution in [-0.2, 0) is 23.9 Å². The highest BCUT2D eigenvalue weighted by Crippen LogP contribution is 2.06. The Balaban J connectivity index is 5.06. The molecule has 11 heteroatoms. The van der Waals surface area contributed by atoms with Crippen LogP contribution in [0.1, 0.15) is 40.5 Å². The van der Waals surface area contributed by atoms with Crippen LogP contribution in [0.15, 0.2) is 0 Å². The highest BCUT2D eigenvalue weighted by molar-refractivity contribution is 5.91. The molecule has 5 amide bonds. The number of amides is 5. The minimum atomic E-state index is -0.922. The quantitative estimate of drug-likeness (QED) is 0.321. The van der Waals surface area contributed by atoms with Crippen LogP contribution in [0.4, 0.5) is 4.79 Å². The number of carbonyl (C=O) groups is 5. The van der Waals surface area contributed by atoms with Gasteiger partial charge in [0.05, 0.1) is 7.11 Å². The zero-order chi connectivity index (χ0) is 22.7. The second-order valence-corrected chi connectivity index (χ2v) is 7.63. The van der Waals surface area contributed by atoms with Crippen LogP contribution in [0.3, 0.4) is 0 Å². The molecule has 2 atom stereocenters. The monoisotopic (exact) mass is 415 g/mol.